The van der Waals surface area contributed by atoms with E-state index < -0.39 is 0 Å². The molecule has 0 aromatic rings. The summed E-state index contributed by atoms with van der Waals surface area (Å²) in [6.07, 6.45) is 7.10. The van der Waals surface area contributed by atoms with Crippen LogP contribution in [0.1, 0.15) is 44.9 Å². The number of nitrogens with one attached hydrogen (secondary N) is 1. The van der Waals surface area contributed by atoms with Crippen LogP contribution in [0.25, 0.3) is 0 Å². The van der Waals surface area contributed by atoms with Gasteiger partial charge in [0.2, 0.25) is 11.8 Å². The van der Waals surface area contributed by atoms with Crippen molar-refractivity contribution in [3.8, 4) is 0 Å². The van der Waals surface area contributed by atoms with Crippen molar-refractivity contribution in [1.29, 1.82) is 0 Å². The number of nitrogens with zero attached hydrogens (tertiary/aromatic N) is 1. The maximum atomic E-state index is 12.4. The number of amides is 2. The van der Waals surface area contributed by atoms with E-state index in [9.17, 15) is 9.59 Å². The normalized spacial score (nSPS) is 30.4. The Morgan fingerprint density at radius 1 is 1.05 bits per heavy atom. The summed E-state index contributed by atoms with van der Waals surface area (Å²) in [5.41, 5.74) is 5.76. The number of hydrogen-bond acceptors (Lipinski definition) is 3. The largest absolute Gasteiger partial charge is 0.353 e. The van der Waals surface area contributed by atoms with E-state index >= 15 is 0 Å². The molecule has 118 valence electrons. The second-order valence-electron chi connectivity index (χ2n) is 6.92. The molecule has 1 heterocycles. The molecule has 0 radical (unpaired) electrons. The summed E-state index contributed by atoms with van der Waals surface area (Å²) < 4.78 is 0. The molecule has 2 unspecified atom stereocenters. The lowest BCUT2D eigenvalue weighted by Gasteiger charge is -2.33. The number of carbonyl (C=O) groups is 2. The second kappa shape index (κ2) is 6.34. The van der Waals surface area contributed by atoms with Crippen molar-refractivity contribution in [1.82, 2.24) is 10.2 Å². The zero-order valence-corrected chi connectivity index (χ0v) is 12.7. The molecule has 1 aliphatic heterocycles. The lowest BCUT2D eigenvalue weighted by molar-refractivity contribution is -0.133. The minimum atomic E-state index is 0.112. The summed E-state index contributed by atoms with van der Waals surface area (Å²) in [7, 11) is 0. The molecule has 0 bridgehead atoms. The van der Waals surface area contributed by atoms with Crippen molar-refractivity contribution in [2.24, 2.45) is 23.5 Å². The van der Waals surface area contributed by atoms with Crippen molar-refractivity contribution in [2.45, 2.75) is 51.0 Å². The van der Waals surface area contributed by atoms with Gasteiger partial charge in [-0.3, -0.25) is 9.59 Å². The molecule has 0 aromatic heterocycles. The van der Waals surface area contributed by atoms with Crippen molar-refractivity contribution < 1.29 is 9.59 Å². The Balaban J connectivity index is 1.44. The van der Waals surface area contributed by atoms with Crippen molar-refractivity contribution >= 4 is 11.8 Å². The van der Waals surface area contributed by atoms with E-state index in [2.05, 4.69) is 5.32 Å². The second-order valence-corrected chi connectivity index (χ2v) is 6.92. The minimum Gasteiger partial charge on any atom is -0.353 e. The van der Waals surface area contributed by atoms with Crippen LogP contribution in [-0.2, 0) is 9.59 Å². The fourth-order valence-electron chi connectivity index (χ4n) is 3.81. The molecule has 21 heavy (non-hydrogen) atoms. The van der Waals surface area contributed by atoms with Gasteiger partial charge in [-0.1, -0.05) is 6.42 Å². The van der Waals surface area contributed by atoms with E-state index in [1.807, 2.05) is 4.90 Å². The smallest absolute Gasteiger partial charge is 0.225 e. The first-order chi connectivity index (χ1) is 10.2. The van der Waals surface area contributed by atoms with Gasteiger partial charge >= 0.3 is 0 Å². The standard InChI is InChI=1S/C16H27N3O2/c17-10-12-2-1-3-14(12)15(20)18-13-6-8-19(9-7-13)16(21)11-4-5-11/h11-14H,1-10,17H2,(H,18,20). The van der Waals surface area contributed by atoms with E-state index in [4.69, 9.17) is 5.73 Å². The summed E-state index contributed by atoms with van der Waals surface area (Å²) >= 11 is 0. The number of nitrogens with two attached hydrogens (primary N) is 1. The predicted octanol–water partition coefficient (Wildman–Crippen LogP) is 0.879. The molecule has 5 heteroatoms. The lowest BCUT2D eigenvalue weighted by atomic mass is 9.94. The van der Waals surface area contributed by atoms with Crippen LogP contribution in [0.2, 0.25) is 0 Å². The molecule has 0 spiro atoms. The summed E-state index contributed by atoms with van der Waals surface area (Å²) in [6.45, 7) is 2.21. The van der Waals surface area contributed by atoms with Crippen LogP contribution >= 0.6 is 0 Å². The molecule has 3 aliphatic rings. The summed E-state index contributed by atoms with van der Waals surface area (Å²) in [5.74, 6) is 1.30. The quantitative estimate of drug-likeness (QED) is 0.808. The van der Waals surface area contributed by atoms with Crippen LogP contribution in [-0.4, -0.2) is 42.4 Å². The van der Waals surface area contributed by atoms with Crippen LogP contribution in [0.4, 0.5) is 0 Å². The van der Waals surface area contributed by atoms with Crippen LogP contribution < -0.4 is 11.1 Å². The Hall–Kier alpha value is -1.10. The zero-order valence-electron chi connectivity index (χ0n) is 12.7. The van der Waals surface area contributed by atoms with Gasteiger partial charge in [0.05, 0.1) is 0 Å². The Morgan fingerprint density at radius 3 is 2.38 bits per heavy atom. The summed E-state index contributed by atoms with van der Waals surface area (Å²) in [5, 5.41) is 3.20. The first kappa shape index (κ1) is 14.8. The molecule has 3 rings (SSSR count). The third-order valence-corrected chi connectivity index (χ3v) is 5.38. The van der Waals surface area contributed by atoms with Gasteiger partial charge in [-0.25, -0.2) is 0 Å². The van der Waals surface area contributed by atoms with E-state index in [0.717, 1.165) is 58.0 Å². The first-order valence-corrected chi connectivity index (χ1v) is 8.48. The minimum absolute atomic E-state index is 0.112. The molecule has 2 saturated carbocycles. The van der Waals surface area contributed by atoms with Gasteiger partial charge in [0.1, 0.15) is 0 Å². The van der Waals surface area contributed by atoms with Gasteiger partial charge in [-0.2, -0.15) is 0 Å². The van der Waals surface area contributed by atoms with Gasteiger partial charge in [0, 0.05) is 31.0 Å². The average Bonchev–Trinajstić information content (AvgIpc) is 3.24. The molecule has 2 amide bonds. The Kier molecular flexibility index (Phi) is 4.48. The highest BCUT2D eigenvalue weighted by molar-refractivity contribution is 5.81. The van der Waals surface area contributed by atoms with Gasteiger partial charge in [0.25, 0.3) is 0 Å². The maximum absolute atomic E-state index is 12.4. The molecular formula is C16H27N3O2. The van der Waals surface area contributed by atoms with Crippen LogP contribution in [0.5, 0.6) is 0 Å². The number of piperidine rings is 1. The molecule has 2 aliphatic carbocycles. The molecule has 2 atom stereocenters. The van der Waals surface area contributed by atoms with E-state index in [1.54, 1.807) is 0 Å². The van der Waals surface area contributed by atoms with Crippen LogP contribution in [0.3, 0.4) is 0 Å². The lowest BCUT2D eigenvalue weighted by Crippen LogP contribution is -2.48. The SMILES string of the molecule is NCC1CCCC1C(=O)NC1CCN(C(=O)C2CC2)CC1. The molecule has 3 N–H and O–H groups in total. The van der Waals surface area contributed by atoms with Crippen LogP contribution in [0.15, 0.2) is 0 Å². The molecular weight excluding hydrogens is 266 g/mol. The van der Waals surface area contributed by atoms with E-state index in [0.29, 0.717) is 24.3 Å². The topological polar surface area (TPSA) is 75.4 Å². The molecule has 5 nitrogen and oxygen atoms in total. The summed E-state index contributed by atoms with van der Waals surface area (Å²) in [6, 6.07) is 0.236. The fraction of sp³-hybridized carbons (Fsp3) is 0.875. The maximum Gasteiger partial charge on any atom is 0.225 e. The third kappa shape index (κ3) is 3.39. The monoisotopic (exact) mass is 293 g/mol. The highest BCUT2D eigenvalue weighted by Gasteiger charge is 2.36. The van der Waals surface area contributed by atoms with Gasteiger partial charge in [0.15, 0.2) is 0 Å². The number of hydrogen-bond donors (Lipinski definition) is 2. The van der Waals surface area contributed by atoms with Crippen molar-refractivity contribution in [3.05, 3.63) is 0 Å². The molecule has 1 saturated heterocycles. The first-order valence-electron chi connectivity index (χ1n) is 8.48. The fourth-order valence-corrected chi connectivity index (χ4v) is 3.81. The number of rotatable bonds is 4. The van der Waals surface area contributed by atoms with Gasteiger partial charge < -0.3 is 16.0 Å². The Morgan fingerprint density at radius 2 is 1.76 bits per heavy atom. The Labute approximate surface area is 126 Å². The highest BCUT2D eigenvalue weighted by atomic mass is 16.2. The van der Waals surface area contributed by atoms with Crippen molar-refractivity contribution in [3.63, 3.8) is 0 Å². The van der Waals surface area contributed by atoms with E-state index in [-0.39, 0.29) is 17.9 Å². The van der Waals surface area contributed by atoms with Gasteiger partial charge in [-0.05, 0) is 51.0 Å². The zero-order chi connectivity index (χ0) is 14.8. The van der Waals surface area contributed by atoms with Crippen molar-refractivity contribution in [2.75, 3.05) is 19.6 Å². The van der Waals surface area contributed by atoms with Gasteiger partial charge in [-0.15, -0.1) is 0 Å². The van der Waals surface area contributed by atoms with Crippen LogP contribution in [0, 0.1) is 17.8 Å². The predicted molar refractivity (Wildman–Crippen MR) is 80.4 cm³/mol. The highest BCUT2D eigenvalue weighted by Crippen LogP contribution is 2.33. The summed E-state index contributed by atoms with van der Waals surface area (Å²) in [4.78, 5) is 26.4. The average molecular weight is 293 g/mol. The number of likely N-dealkylation sites (tertiary alicyclic amines) is 1. The third-order valence-electron chi connectivity index (χ3n) is 5.38. The van der Waals surface area contributed by atoms with E-state index in [1.165, 1.54) is 0 Å². The molecule has 0 aromatic carbocycles. The molecule has 3 fully saturated rings. The Bertz CT molecular complexity index is 400. The number of carbonyl (C=O) groups excluding carboxylic acids is 2.